The van der Waals surface area contributed by atoms with Crippen molar-refractivity contribution in [1.82, 2.24) is 14.7 Å². The highest BCUT2D eigenvalue weighted by Crippen LogP contribution is 2.21. The van der Waals surface area contributed by atoms with Crippen LogP contribution in [0.15, 0.2) is 0 Å². The average molecular weight is 301 g/mol. The normalized spacial score (nSPS) is 12.6. The average Bonchev–Trinajstić information content (AvgIpc) is 2.58. The minimum atomic E-state index is -0.654. The fourth-order valence-electron chi connectivity index (χ4n) is 2.04. The summed E-state index contributed by atoms with van der Waals surface area (Å²) in [5.74, 6) is -0.620. The molecule has 1 aromatic rings. The van der Waals surface area contributed by atoms with Gasteiger partial charge in [-0.1, -0.05) is 25.4 Å². The summed E-state index contributed by atoms with van der Waals surface area (Å²) in [6, 6.07) is -0.654. The van der Waals surface area contributed by atoms with Crippen LogP contribution in [0.5, 0.6) is 0 Å². The highest BCUT2D eigenvalue weighted by atomic mass is 35.5. The molecular formula is C13H21ClN4O2. The van der Waals surface area contributed by atoms with Gasteiger partial charge in [0, 0.05) is 19.8 Å². The molecule has 0 radical (unpaired) electrons. The third kappa shape index (κ3) is 3.30. The number of hydrogen-bond acceptors (Lipinski definition) is 3. The Balaban J connectivity index is 3.08. The first-order chi connectivity index (χ1) is 9.16. The molecule has 0 spiro atoms. The SMILES string of the molecule is Cc1c(C(=O)N(C)[C@@H](CC(C)C)C(N)=O)c(Cl)nn1C. The molecule has 6 nitrogen and oxygen atoms in total. The fourth-order valence-corrected chi connectivity index (χ4v) is 2.37. The van der Waals surface area contributed by atoms with Crippen LogP contribution < -0.4 is 5.73 Å². The molecule has 0 unspecified atom stereocenters. The molecule has 0 saturated carbocycles. The molecule has 1 aromatic heterocycles. The third-order valence-electron chi connectivity index (χ3n) is 3.32. The summed E-state index contributed by atoms with van der Waals surface area (Å²) in [6.07, 6.45) is 0.508. The number of primary amides is 1. The van der Waals surface area contributed by atoms with E-state index in [1.807, 2.05) is 13.8 Å². The maximum Gasteiger partial charge on any atom is 0.259 e. The molecule has 1 heterocycles. The molecule has 2 amide bonds. The molecule has 0 bridgehead atoms. The van der Waals surface area contributed by atoms with Gasteiger partial charge in [-0.05, 0) is 19.3 Å². The van der Waals surface area contributed by atoms with Crippen LogP contribution >= 0.6 is 11.6 Å². The predicted octanol–water partition coefficient (Wildman–Crippen LogP) is 1.35. The lowest BCUT2D eigenvalue weighted by molar-refractivity contribution is -0.122. The largest absolute Gasteiger partial charge is 0.368 e. The van der Waals surface area contributed by atoms with Gasteiger partial charge in [-0.15, -0.1) is 0 Å². The molecule has 1 atom stereocenters. The zero-order chi connectivity index (χ0) is 15.6. The maximum absolute atomic E-state index is 12.5. The van der Waals surface area contributed by atoms with Crippen LogP contribution in [-0.2, 0) is 11.8 Å². The highest BCUT2D eigenvalue weighted by molar-refractivity contribution is 6.32. The van der Waals surface area contributed by atoms with Gasteiger partial charge in [0.25, 0.3) is 5.91 Å². The Morgan fingerprint density at radius 1 is 1.45 bits per heavy atom. The van der Waals surface area contributed by atoms with E-state index in [1.165, 1.54) is 9.58 Å². The molecule has 0 saturated heterocycles. The Kier molecular flexibility index (Phi) is 5.16. The Morgan fingerprint density at radius 3 is 2.35 bits per heavy atom. The second-order valence-corrected chi connectivity index (χ2v) is 5.70. The van der Waals surface area contributed by atoms with Crippen molar-refractivity contribution in [3.8, 4) is 0 Å². The van der Waals surface area contributed by atoms with Crippen LogP contribution in [0.4, 0.5) is 0 Å². The molecule has 2 N–H and O–H groups in total. The molecule has 0 aliphatic heterocycles. The minimum absolute atomic E-state index is 0.134. The molecule has 112 valence electrons. The van der Waals surface area contributed by atoms with E-state index in [0.29, 0.717) is 17.7 Å². The van der Waals surface area contributed by atoms with Gasteiger partial charge in [0.15, 0.2) is 5.15 Å². The van der Waals surface area contributed by atoms with Crippen molar-refractivity contribution in [3.05, 3.63) is 16.4 Å². The molecule has 7 heteroatoms. The van der Waals surface area contributed by atoms with Gasteiger partial charge in [-0.25, -0.2) is 0 Å². The summed E-state index contributed by atoms with van der Waals surface area (Å²) in [7, 11) is 3.26. The number of aromatic nitrogens is 2. The summed E-state index contributed by atoms with van der Waals surface area (Å²) < 4.78 is 1.53. The lowest BCUT2D eigenvalue weighted by Gasteiger charge is -2.27. The standard InChI is InChI=1S/C13H21ClN4O2/c1-7(2)6-9(12(15)19)17(4)13(20)10-8(3)18(5)16-11(10)14/h7,9H,6H2,1-5H3,(H2,15,19)/t9-/m0/s1. The van der Waals surface area contributed by atoms with Crippen molar-refractivity contribution in [2.75, 3.05) is 7.05 Å². The first kappa shape index (κ1) is 16.5. The molecule has 0 aromatic carbocycles. The van der Waals surface area contributed by atoms with Crippen molar-refractivity contribution in [3.63, 3.8) is 0 Å². The van der Waals surface area contributed by atoms with Gasteiger partial charge in [-0.2, -0.15) is 5.10 Å². The number of rotatable bonds is 5. The zero-order valence-corrected chi connectivity index (χ0v) is 13.2. The number of likely N-dealkylation sites (N-methyl/N-ethyl adjacent to an activating group) is 1. The van der Waals surface area contributed by atoms with Crippen LogP contribution in [0.1, 0.15) is 36.3 Å². The summed E-state index contributed by atoms with van der Waals surface area (Å²) in [4.78, 5) is 25.4. The van der Waals surface area contributed by atoms with E-state index < -0.39 is 11.9 Å². The van der Waals surface area contributed by atoms with Gasteiger partial charge in [0.1, 0.15) is 6.04 Å². The first-order valence-electron chi connectivity index (χ1n) is 6.42. The number of nitrogens with zero attached hydrogens (tertiary/aromatic N) is 3. The van der Waals surface area contributed by atoms with Crippen LogP contribution in [-0.4, -0.2) is 39.6 Å². The molecular weight excluding hydrogens is 280 g/mol. The van der Waals surface area contributed by atoms with Gasteiger partial charge in [0.2, 0.25) is 5.91 Å². The van der Waals surface area contributed by atoms with Crippen molar-refractivity contribution in [2.45, 2.75) is 33.2 Å². The number of halogens is 1. The lowest BCUT2D eigenvalue weighted by Crippen LogP contribution is -2.46. The van der Waals surface area contributed by atoms with E-state index in [4.69, 9.17) is 17.3 Å². The minimum Gasteiger partial charge on any atom is -0.368 e. The summed E-state index contributed by atoms with van der Waals surface area (Å²) in [5, 5.41) is 4.13. The van der Waals surface area contributed by atoms with E-state index >= 15 is 0 Å². The van der Waals surface area contributed by atoms with Crippen molar-refractivity contribution >= 4 is 23.4 Å². The maximum atomic E-state index is 12.5. The van der Waals surface area contributed by atoms with E-state index in [-0.39, 0.29) is 17.0 Å². The van der Waals surface area contributed by atoms with Gasteiger partial charge in [0.05, 0.1) is 5.56 Å². The second kappa shape index (κ2) is 6.26. The van der Waals surface area contributed by atoms with Crippen LogP contribution in [0.3, 0.4) is 0 Å². The Morgan fingerprint density at radius 2 is 2.00 bits per heavy atom. The number of amides is 2. The fraction of sp³-hybridized carbons (Fsp3) is 0.615. The monoisotopic (exact) mass is 300 g/mol. The molecule has 0 aliphatic rings. The Bertz CT molecular complexity index is 525. The highest BCUT2D eigenvalue weighted by Gasteiger charge is 2.30. The summed E-state index contributed by atoms with van der Waals surface area (Å²) in [5.41, 5.74) is 6.36. The van der Waals surface area contributed by atoms with Crippen molar-refractivity contribution in [2.24, 2.45) is 18.7 Å². The van der Waals surface area contributed by atoms with E-state index in [0.717, 1.165) is 0 Å². The van der Waals surface area contributed by atoms with Crippen LogP contribution in [0, 0.1) is 12.8 Å². The summed E-state index contributed by atoms with van der Waals surface area (Å²) >= 11 is 5.98. The van der Waals surface area contributed by atoms with Gasteiger partial charge in [-0.3, -0.25) is 14.3 Å². The number of carbonyl (C=O) groups is 2. The van der Waals surface area contributed by atoms with Crippen molar-refractivity contribution in [1.29, 1.82) is 0 Å². The number of carbonyl (C=O) groups excluding carboxylic acids is 2. The van der Waals surface area contributed by atoms with Gasteiger partial charge < -0.3 is 10.6 Å². The predicted molar refractivity (Wildman–Crippen MR) is 77.5 cm³/mol. The van der Waals surface area contributed by atoms with Gasteiger partial charge >= 0.3 is 0 Å². The number of hydrogen-bond donors (Lipinski definition) is 1. The van der Waals surface area contributed by atoms with E-state index in [1.54, 1.807) is 21.0 Å². The molecule has 1 rings (SSSR count). The van der Waals surface area contributed by atoms with Crippen LogP contribution in [0.25, 0.3) is 0 Å². The topological polar surface area (TPSA) is 81.2 Å². The smallest absolute Gasteiger partial charge is 0.259 e. The Labute approximate surface area is 123 Å². The third-order valence-corrected chi connectivity index (χ3v) is 3.58. The second-order valence-electron chi connectivity index (χ2n) is 5.34. The van der Waals surface area contributed by atoms with E-state index in [2.05, 4.69) is 5.10 Å². The Hall–Kier alpha value is -1.56. The molecule has 0 fully saturated rings. The summed E-state index contributed by atoms with van der Waals surface area (Å²) in [6.45, 7) is 5.69. The van der Waals surface area contributed by atoms with Crippen molar-refractivity contribution < 1.29 is 9.59 Å². The number of aryl methyl sites for hydroxylation is 1. The number of nitrogens with two attached hydrogens (primary N) is 1. The molecule has 0 aliphatic carbocycles. The first-order valence-corrected chi connectivity index (χ1v) is 6.80. The quantitative estimate of drug-likeness (QED) is 0.891. The van der Waals surface area contributed by atoms with E-state index in [9.17, 15) is 9.59 Å². The van der Waals surface area contributed by atoms with Crippen LogP contribution in [0.2, 0.25) is 5.15 Å². The zero-order valence-electron chi connectivity index (χ0n) is 12.5. The molecule has 20 heavy (non-hydrogen) atoms. The lowest BCUT2D eigenvalue weighted by atomic mass is 10.0.